The van der Waals surface area contributed by atoms with Crippen LogP contribution in [0.5, 0.6) is 0 Å². The van der Waals surface area contributed by atoms with E-state index in [-0.39, 0.29) is 5.41 Å². The van der Waals surface area contributed by atoms with Crippen molar-refractivity contribution in [2.24, 2.45) is 10.4 Å². The quantitative estimate of drug-likeness (QED) is 0.806. The number of rotatable bonds is 1. The van der Waals surface area contributed by atoms with Crippen LogP contribution in [0, 0.1) is 5.41 Å². The Morgan fingerprint density at radius 1 is 1.27 bits per heavy atom. The lowest BCUT2D eigenvalue weighted by atomic mass is 9.77. The molecule has 3 heterocycles. The van der Waals surface area contributed by atoms with E-state index in [2.05, 4.69) is 24.0 Å². The van der Waals surface area contributed by atoms with E-state index in [1.165, 1.54) is 0 Å². The van der Waals surface area contributed by atoms with Gasteiger partial charge in [0.15, 0.2) is 0 Å². The van der Waals surface area contributed by atoms with E-state index in [4.69, 9.17) is 4.99 Å². The lowest BCUT2D eigenvalue weighted by Gasteiger charge is -2.38. The molecule has 0 aliphatic carbocycles. The molecule has 116 valence electrons. The molecule has 0 radical (unpaired) electrons. The molecule has 1 N–H and O–H groups in total. The highest BCUT2D eigenvalue weighted by Crippen LogP contribution is 2.45. The van der Waals surface area contributed by atoms with E-state index in [9.17, 15) is 5.11 Å². The highest BCUT2D eigenvalue weighted by atomic mass is 16.3. The summed E-state index contributed by atoms with van der Waals surface area (Å²) in [7, 11) is 0. The van der Waals surface area contributed by atoms with Gasteiger partial charge in [-0.2, -0.15) is 0 Å². The third kappa shape index (κ3) is 2.07. The second-order valence-corrected chi connectivity index (χ2v) is 7.04. The maximum absolute atomic E-state index is 11.4. The Morgan fingerprint density at radius 3 is 3.00 bits per heavy atom. The van der Waals surface area contributed by atoms with Crippen LogP contribution < -0.4 is 0 Å². The van der Waals surface area contributed by atoms with E-state index in [0.717, 1.165) is 62.3 Å². The van der Waals surface area contributed by atoms with Crippen LogP contribution in [-0.2, 0) is 5.60 Å². The van der Waals surface area contributed by atoms with Gasteiger partial charge < -0.3 is 5.11 Å². The fourth-order valence-corrected chi connectivity index (χ4v) is 4.30. The summed E-state index contributed by atoms with van der Waals surface area (Å²) in [5.74, 6) is 0. The minimum atomic E-state index is -0.858. The smallest absolute Gasteiger partial charge is 0.131 e. The van der Waals surface area contributed by atoms with Crippen molar-refractivity contribution in [3.8, 4) is 0 Å². The summed E-state index contributed by atoms with van der Waals surface area (Å²) in [6, 6.07) is 8.08. The number of hydrogen-bond donors (Lipinski definition) is 1. The van der Waals surface area contributed by atoms with Gasteiger partial charge >= 0.3 is 0 Å². The third-order valence-corrected chi connectivity index (χ3v) is 5.81. The van der Waals surface area contributed by atoms with Crippen LogP contribution in [0.2, 0.25) is 0 Å². The Hall–Kier alpha value is -1.45. The average Bonchev–Trinajstić information content (AvgIpc) is 2.85. The topological polar surface area (TPSA) is 35.8 Å². The zero-order chi connectivity index (χ0) is 15.2. The molecule has 3 aliphatic rings. The van der Waals surface area contributed by atoms with Crippen LogP contribution >= 0.6 is 0 Å². The Balaban J connectivity index is 1.73. The van der Waals surface area contributed by atoms with Crippen molar-refractivity contribution in [1.82, 2.24) is 4.90 Å². The summed E-state index contributed by atoms with van der Waals surface area (Å²) in [6.07, 6.45) is 8.59. The van der Waals surface area contributed by atoms with Crippen molar-refractivity contribution >= 4 is 11.4 Å². The number of benzene rings is 1. The molecule has 1 unspecified atom stereocenters. The minimum Gasteiger partial charge on any atom is -0.379 e. The van der Waals surface area contributed by atoms with Crippen LogP contribution in [0.3, 0.4) is 0 Å². The van der Waals surface area contributed by atoms with Crippen LogP contribution in [0.15, 0.2) is 41.4 Å². The largest absolute Gasteiger partial charge is 0.379 e. The molecule has 0 amide bonds. The van der Waals surface area contributed by atoms with Gasteiger partial charge in [-0.3, -0.25) is 9.89 Å². The molecule has 1 aromatic carbocycles. The van der Waals surface area contributed by atoms with Crippen molar-refractivity contribution < 1.29 is 5.11 Å². The lowest BCUT2D eigenvalue weighted by molar-refractivity contribution is 0.0848. The first-order valence-corrected chi connectivity index (χ1v) is 8.45. The number of aliphatic hydroxyl groups is 1. The molecule has 0 aromatic heterocycles. The molecule has 3 aliphatic heterocycles. The Morgan fingerprint density at radius 2 is 2.14 bits per heavy atom. The Labute approximate surface area is 132 Å². The second-order valence-electron chi connectivity index (χ2n) is 7.04. The van der Waals surface area contributed by atoms with E-state index in [1.807, 2.05) is 24.3 Å². The van der Waals surface area contributed by atoms with E-state index >= 15 is 0 Å². The minimum absolute atomic E-state index is 0.251. The van der Waals surface area contributed by atoms with Gasteiger partial charge in [0.25, 0.3) is 0 Å². The normalized spacial score (nSPS) is 36.6. The van der Waals surface area contributed by atoms with Crippen molar-refractivity contribution in [2.75, 3.05) is 19.6 Å². The van der Waals surface area contributed by atoms with Gasteiger partial charge in [0.05, 0.1) is 11.4 Å². The van der Waals surface area contributed by atoms with E-state index < -0.39 is 5.60 Å². The molecule has 3 nitrogen and oxygen atoms in total. The Kier molecular flexibility index (Phi) is 3.24. The van der Waals surface area contributed by atoms with Gasteiger partial charge in [0.2, 0.25) is 0 Å². The van der Waals surface area contributed by atoms with Crippen molar-refractivity contribution in [3.05, 3.63) is 42.0 Å². The molecule has 1 fully saturated rings. The molecule has 4 rings (SSSR count). The Bertz CT molecular complexity index is 651. The van der Waals surface area contributed by atoms with Gasteiger partial charge in [-0.25, -0.2) is 0 Å². The number of aliphatic imine (C=N–C) groups is 1. The fraction of sp³-hybridized carbons (Fsp3) is 0.526. The SMILES string of the molecule is CC[C@]12C=CCN(CC[C@@]3(O)C(=Nc4ccccc43)CC1)C2. The first kappa shape index (κ1) is 14.2. The number of para-hydroxylation sites is 1. The molecule has 0 saturated carbocycles. The van der Waals surface area contributed by atoms with Crippen molar-refractivity contribution in [2.45, 2.75) is 38.2 Å². The zero-order valence-electron chi connectivity index (χ0n) is 13.3. The number of nitrogens with zero attached hydrogens (tertiary/aromatic N) is 2. The summed E-state index contributed by atoms with van der Waals surface area (Å²) in [5.41, 5.74) is 2.33. The third-order valence-electron chi connectivity index (χ3n) is 5.81. The maximum atomic E-state index is 11.4. The molecule has 1 saturated heterocycles. The maximum Gasteiger partial charge on any atom is 0.131 e. The molecule has 22 heavy (non-hydrogen) atoms. The predicted octanol–water partition coefficient (Wildman–Crippen LogP) is 3.41. The second kappa shape index (κ2) is 5.04. The average molecular weight is 296 g/mol. The van der Waals surface area contributed by atoms with Gasteiger partial charge in [0.1, 0.15) is 5.60 Å². The van der Waals surface area contributed by atoms with E-state index in [1.54, 1.807) is 0 Å². The van der Waals surface area contributed by atoms with Crippen LogP contribution in [0.4, 0.5) is 5.69 Å². The summed E-state index contributed by atoms with van der Waals surface area (Å²) >= 11 is 0. The highest BCUT2D eigenvalue weighted by molar-refractivity contribution is 6.00. The van der Waals surface area contributed by atoms with Gasteiger partial charge in [0, 0.05) is 30.6 Å². The fourth-order valence-electron chi connectivity index (χ4n) is 4.30. The lowest BCUT2D eigenvalue weighted by Crippen LogP contribution is -2.41. The molecular weight excluding hydrogens is 272 g/mol. The molecular formula is C19H24N2O. The summed E-state index contributed by atoms with van der Waals surface area (Å²) < 4.78 is 0. The predicted molar refractivity (Wildman–Crippen MR) is 89.6 cm³/mol. The summed E-state index contributed by atoms with van der Waals surface area (Å²) in [5, 5.41) is 11.4. The van der Waals surface area contributed by atoms with Crippen molar-refractivity contribution in [3.63, 3.8) is 0 Å². The van der Waals surface area contributed by atoms with Gasteiger partial charge in [-0.15, -0.1) is 0 Å². The molecule has 2 bridgehead atoms. The van der Waals surface area contributed by atoms with E-state index in [0.29, 0.717) is 0 Å². The molecule has 3 atom stereocenters. The first-order valence-electron chi connectivity index (χ1n) is 8.45. The van der Waals surface area contributed by atoms with Gasteiger partial charge in [-0.05, 0) is 31.7 Å². The molecule has 3 heteroatoms. The zero-order valence-corrected chi connectivity index (χ0v) is 13.3. The number of fused-ring (bicyclic) bond motifs is 5. The van der Waals surface area contributed by atoms with Crippen LogP contribution in [0.1, 0.15) is 38.2 Å². The summed E-state index contributed by atoms with van der Waals surface area (Å²) in [4.78, 5) is 7.28. The first-order chi connectivity index (χ1) is 10.7. The van der Waals surface area contributed by atoms with Gasteiger partial charge in [-0.1, -0.05) is 37.3 Å². The van der Waals surface area contributed by atoms with Crippen molar-refractivity contribution in [1.29, 1.82) is 0 Å². The van der Waals surface area contributed by atoms with Crippen LogP contribution in [0.25, 0.3) is 0 Å². The summed E-state index contributed by atoms with van der Waals surface area (Å²) in [6.45, 7) is 5.33. The highest BCUT2D eigenvalue weighted by Gasteiger charge is 2.44. The standard InChI is InChI=1S/C19H24N2O/c1-2-18-9-5-12-21(14-18)13-11-19(22)15-6-3-4-7-16(15)20-17(19)8-10-18/h3-7,9,22H,2,8,10-14H2,1H3/t18-,19-/m0/s1. The molecule has 0 spiro atoms. The molecule has 1 aromatic rings. The monoisotopic (exact) mass is 296 g/mol. The van der Waals surface area contributed by atoms with Crippen LogP contribution in [-0.4, -0.2) is 35.4 Å². The number of hydrogen-bond acceptors (Lipinski definition) is 3.